The second-order valence-electron chi connectivity index (χ2n) is 7.08. The summed E-state index contributed by atoms with van der Waals surface area (Å²) in [4.78, 5) is 12.5. The third-order valence-electron chi connectivity index (χ3n) is 4.83. The van der Waals surface area contributed by atoms with Crippen molar-refractivity contribution < 1.29 is 9.53 Å². The molecule has 3 aromatic carbocycles. The summed E-state index contributed by atoms with van der Waals surface area (Å²) in [5, 5.41) is 21.0. The number of carbonyl (C=O) groups excluding carboxylic acids is 1. The van der Waals surface area contributed by atoms with E-state index in [0.29, 0.717) is 23.1 Å². The highest BCUT2D eigenvalue weighted by molar-refractivity contribution is 7.99. The minimum absolute atomic E-state index is 0.154. The van der Waals surface area contributed by atoms with Crippen LogP contribution in [0, 0.1) is 11.3 Å². The third kappa shape index (κ3) is 5.40. The topological polar surface area (TPSA) is 92.8 Å². The van der Waals surface area contributed by atoms with Crippen LogP contribution < -0.4 is 10.1 Å². The number of hydrogen-bond donors (Lipinski definition) is 1. The summed E-state index contributed by atoms with van der Waals surface area (Å²) in [5.74, 6) is 1.40. The predicted octanol–water partition coefficient (Wildman–Crippen LogP) is 4.74. The van der Waals surface area contributed by atoms with Crippen molar-refractivity contribution in [1.29, 1.82) is 5.26 Å². The van der Waals surface area contributed by atoms with Crippen molar-refractivity contribution >= 4 is 23.4 Å². The zero-order valence-corrected chi connectivity index (χ0v) is 18.7. The van der Waals surface area contributed by atoms with E-state index in [-0.39, 0.29) is 11.7 Å². The minimum Gasteiger partial charge on any atom is -0.497 e. The Morgan fingerprint density at radius 1 is 1.06 bits per heavy atom. The van der Waals surface area contributed by atoms with Crippen LogP contribution in [0.1, 0.15) is 5.56 Å². The zero-order chi connectivity index (χ0) is 23.0. The van der Waals surface area contributed by atoms with E-state index in [9.17, 15) is 4.79 Å². The number of benzene rings is 3. The number of amides is 1. The molecule has 0 bridgehead atoms. The molecule has 0 atom stereocenters. The fraction of sp³-hybridized carbons (Fsp3) is 0.120. The van der Waals surface area contributed by atoms with Crippen molar-refractivity contribution in [2.75, 3.05) is 18.2 Å². The van der Waals surface area contributed by atoms with Gasteiger partial charge >= 0.3 is 0 Å². The van der Waals surface area contributed by atoms with Gasteiger partial charge in [0.15, 0.2) is 11.0 Å². The molecule has 0 saturated heterocycles. The Kier molecular flexibility index (Phi) is 7.03. The highest BCUT2D eigenvalue weighted by atomic mass is 32.2. The van der Waals surface area contributed by atoms with Crippen LogP contribution in [0.4, 0.5) is 5.69 Å². The van der Waals surface area contributed by atoms with Gasteiger partial charge in [0.25, 0.3) is 0 Å². The van der Waals surface area contributed by atoms with Gasteiger partial charge in [-0.3, -0.25) is 9.36 Å². The SMILES string of the molecule is COc1cccc(-c2nnc(SCC(=O)Nc3ccc(CC#N)cc3)n2-c2ccccc2)c1. The number of nitrogens with one attached hydrogen (secondary N) is 1. The molecule has 1 aromatic heterocycles. The Balaban J connectivity index is 1.54. The molecular formula is C25H21N5O2S. The molecule has 4 rings (SSSR count). The lowest BCUT2D eigenvalue weighted by Gasteiger charge is -2.11. The van der Waals surface area contributed by atoms with Gasteiger partial charge in [0.05, 0.1) is 25.4 Å². The molecule has 1 amide bonds. The first-order valence-corrected chi connectivity index (χ1v) is 11.2. The van der Waals surface area contributed by atoms with E-state index in [1.165, 1.54) is 11.8 Å². The first-order valence-electron chi connectivity index (χ1n) is 10.2. The summed E-state index contributed by atoms with van der Waals surface area (Å²) in [6.07, 6.45) is 0.342. The second-order valence-corrected chi connectivity index (χ2v) is 8.02. The molecule has 33 heavy (non-hydrogen) atoms. The standard InChI is InChI=1S/C25H21N5O2S/c1-32-22-9-5-6-19(16-22)24-28-29-25(30(24)21-7-3-2-4-8-21)33-17-23(31)27-20-12-10-18(11-13-20)14-15-26/h2-13,16H,14,17H2,1H3,(H,27,31). The van der Waals surface area contributed by atoms with Gasteiger partial charge in [-0.2, -0.15) is 5.26 Å². The summed E-state index contributed by atoms with van der Waals surface area (Å²) in [5.41, 5.74) is 3.35. The van der Waals surface area contributed by atoms with E-state index < -0.39 is 0 Å². The smallest absolute Gasteiger partial charge is 0.234 e. The maximum atomic E-state index is 12.5. The average Bonchev–Trinajstić information content (AvgIpc) is 3.29. The molecule has 0 fully saturated rings. The number of ether oxygens (including phenoxy) is 1. The minimum atomic E-state index is -0.154. The molecule has 4 aromatic rings. The van der Waals surface area contributed by atoms with Crippen molar-refractivity contribution in [3.05, 3.63) is 84.4 Å². The van der Waals surface area contributed by atoms with Crippen LogP contribution in [0.3, 0.4) is 0 Å². The Bertz CT molecular complexity index is 1280. The first-order chi connectivity index (χ1) is 16.2. The maximum Gasteiger partial charge on any atom is 0.234 e. The monoisotopic (exact) mass is 455 g/mol. The van der Waals surface area contributed by atoms with Crippen LogP contribution in [0.5, 0.6) is 5.75 Å². The van der Waals surface area contributed by atoms with Crippen LogP contribution in [0.25, 0.3) is 17.1 Å². The number of carbonyl (C=O) groups is 1. The number of anilines is 1. The van der Waals surface area contributed by atoms with E-state index >= 15 is 0 Å². The van der Waals surface area contributed by atoms with E-state index in [0.717, 1.165) is 22.6 Å². The summed E-state index contributed by atoms with van der Waals surface area (Å²) >= 11 is 1.31. The average molecular weight is 456 g/mol. The van der Waals surface area contributed by atoms with Gasteiger partial charge in [0, 0.05) is 16.9 Å². The van der Waals surface area contributed by atoms with Crippen molar-refractivity contribution in [2.45, 2.75) is 11.6 Å². The largest absolute Gasteiger partial charge is 0.497 e. The number of aromatic nitrogens is 3. The summed E-state index contributed by atoms with van der Waals surface area (Å²) in [6, 6.07) is 26.8. The van der Waals surface area contributed by atoms with Gasteiger partial charge in [-0.15, -0.1) is 10.2 Å². The van der Waals surface area contributed by atoms with E-state index in [1.807, 2.05) is 71.3 Å². The quantitative estimate of drug-likeness (QED) is 0.386. The lowest BCUT2D eigenvalue weighted by atomic mass is 10.1. The highest BCUT2D eigenvalue weighted by Crippen LogP contribution is 2.29. The van der Waals surface area contributed by atoms with E-state index in [1.54, 1.807) is 19.2 Å². The van der Waals surface area contributed by atoms with Crippen LogP contribution in [-0.2, 0) is 11.2 Å². The maximum absolute atomic E-state index is 12.5. The molecule has 0 aliphatic rings. The molecule has 0 saturated carbocycles. The highest BCUT2D eigenvalue weighted by Gasteiger charge is 2.17. The van der Waals surface area contributed by atoms with Gasteiger partial charge < -0.3 is 10.1 Å². The zero-order valence-electron chi connectivity index (χ0n) is 17.9. The number of nitriles is 1. The van der Waals surface area contributed by atoms with Crippen LogP contribution >= 0.6 is 11.8 Å². The molecule has 0 radical (unpaired) electrons. The van der Waals surface area contributed by atoms with Crippen molar-refractivity contribution in [1.82, 2.24) is 14.8 Å². The summed E-state index contributed by atoms with van der Waals surface area (Å²) < 4.78 is 7.29. The molecule has 8 heteroatoms. The van der Waals surface area contributed by atoms with Gasteiger partial charge in [-0.05, 0) is 42.0 Å². The Morgan fingerprint density at radius 3 is 2.58 bits per heavy atom. The van der Waals surface area contributed by atoms with E-state index in [4.69, 9.17) is 10.00 Å². The molecule has 1 N–H and O–H groups in total. The van der Waals surface area contributed by atoms with Crippen LogP contribution in [0.15, 0.2) is 84.0 Å². The number of methoxy groups -OCH3 is 1. The normalized spacial score (nSPS) is 10.4. The molecule has 0 spiro atoms. The van der Waals surface area contributed by atoms with Crippen molar-refractivity contribution in [3.63, 3.8) is 0 Å². The van der Waals surface area contributed by atoms with Crippen molar-refractivity contribution in [3.8, 4) is 28.9 Å². The fourth-order valence-electron chi connectivity index (χ4n) is 3.25. The Labute approximate surface area is 196 Å². The molecule has 0 unspecified atom stereocenters. The Hall–Kier alpha value is -4.09. The molecule has 0 aliphatic carbocycles. The van der Waals surface area contributed by atoms with Gasteiger partial charge in [-0.25, -0.2) is 0 Å². The van der Waals surface area contributed by atoms with Gasteiger partial charge in [0.1, 0.15) is 5.75 Å². The second kappa shape index (κ2) is 10.5. The lowest BCUT2D eigenvalue weighted by Crippen LogP contribution is -2.14. The first kappa shape index (κ1) is 22.1. The lowest BCUT2D eigenvalue weighted by molar-refractivity contribution is -0.113. The molecule has 1 heterocycles. The van der Waals surface area contributed by atoms with Crippen LogP contribution in [0.2, 0.25) is 0 Å². The van der Waals surface area contributed by atoms with Crippen LogP contribution in [-0.4, -0.2) is 33.5 Å². The van der Waals surface area contributed by atoms with Crippen molar-refractivity contribution in [2.24, 2.45) is 0 Å². The fourth-order valence-corrected chi connectivity index (χ4v) is 4.00. The number of thioether (sulfide) groups is 1. The summed E-state index contributed by atoms with van der Waals surface area (Å²) in [7, 11) is 1.62. The molecule has 0 aliphatic heterocycles. The molecule has 7 nitrogen and oxygen atoms in total. The number of para-hydroxylation sites is 1. The van der Waals surface area contributed by atoms with E-state index in [2.05, 4.69) is 21.6 Å². The molecular weight excluding hydrogens is 434 g/mol. The van der Waals surface area contributed by atoms with Gasteiger partial charge in [-0.1, -0.05) is 54.2 Å². The van der Waals surface area contributed by atoms with Gasteiger partial charge in [0.2, 0.25) is 5.91 Å². The Morgan fingerprint density at radius 2 is 1.85 bits per heavy atom. The summed E-state index contributed by atoms with van der Waals surface area (Å²) in [6.45, 7) is 0. The number of rotatable bonds is 8. The molecule has 164 valence electrons. The third-order valence-corrected chi connectivity index (χ3v) is 5.76. The number of nitrogens with zero attached hydrogens (tertiary/aromatic N) is 4. The number of hydrogen-bond acceptors (Lipinski definition) is 6. The predicted molar refractivity (Wildman–Crippen MR) is 128 cm³/mol.